The first-order valence-corrected chi connectivity index (χ1v) is 5.84. The third-order valence-electron chi connectivity index (χ3n) is 2.84. The number of aliphatic hydroxyl groups is 1. The lowest BCUT2D eigenvalue weighted by Crippen LogP contribution is -2.41. The van der Waals surface area contributed by atoms with Crippen molar-refractivity contribution in [3.05, 3.63) is 29.1 Å². The Morgan fingerprint density at radius 1 is 1.50 bits per heavy atom. The Morgan fingerprint density at radius 2 is 2.11 bits per heavy atom. The molecule has 0 fully saturated rings. The van der Waals surface area contributed by atoms with Crippen molar-refractivity contribution in [3.8, 4) is 0 Å². The van der Waals surface area contributed by atoms with Crippen molar-refractivity contribution in [1.29, 1.82) is 0 Å². The molecule has 100 valence electrons. The monoisotopic (exact) mass is 254 g/mol. The molecule has 1 rings (SSSR count). The highest BCUT2D eigenvalue weighted by Crippen LogP contribution is 2.17. The Labute approximate surface area is 106 Å². The summed E-state index contributed by atoms with van der Waals surface area (Å²) in [7, 11) is 0. The predicted octanol–water partition coefficient (Wildman–Crippen LogP) is 1.46. The smallest absolute Gasteiger partial charge is 0.254 e. The van der Waals surface area contributed by atoms with Crippen LogP contribution in [0, 0.1) is 18.7 Å². The molecule has 4 N–H and O–H groups in total. The maximum atomic E-state index is 13.8. The second kappa shape index (κ2) is 5.82. The number of hydrogen-bond acceptors (Lipinski definition) is 3. The SMILES string of the molecule is Cc1cc(N)cc(C(=O)NC(CO)C(C)C)c1F. The minimum Gasteiger partial charge on any atom is -0.399 e. The summed E-state index contributed by atoms with van der Waals surface area (Å²) >= 11 is 0. The fraction of sp³-hybridized carbons (Fsp3) is 0.462. The van der Waals surface area contributed by atoms with Crippen molar-refractivity contribution in [2.45, 2.75) is 26.8 Å². The molecule has 0 aliphatic heterocycles. The van der Waals surface area contributed by atoms with Gasteiger partial charge in [0.2, 0.25) is 0 Å². The van der Waals surface area contributed by atoms with E-state index in [9.17, 15) is 9.18 Å². The predicted molar refractivity (Wildman–Crippen MR) is 68.7 cm³/mol. The molecule has 1 amide bonds. The fourth-order valence-electron chi connectivity index (χ4n) is 1.63. The van der Waals surface area contributed by atoms with E-state index in [1.165, 1.54) is 12.1 Å². The Bertz CT molecular complexity index is 447. The number of halogens is 1. The van der Waals surface area contributed by atoms with Crippen LogP contribution in [0.15, 0.2) is 12.1 Å². The molecule has 0 saturated heterocycles. The lowest BCUT2D eigenvalue weighted by atomic mass is 10.0. The van der Waals surface area contributed by atoms with Gasteiger partial charge in [0, 0.05) is 5.69 Å². The van der Waals surface area contributed by atoms with Crippen molar-refractivity contribution in [2.24, 2.45) is 5.92 Å². The Hall–Kier alpha value is -1.62. The number of benzene rings is 1. The van der Waals surface area contributed by atoms with E-state index in [2.05, 4.69) is 5.32 Å². The Balaban J connectivity index is 2.97. The first-order chi connectivity index (χ1) is 8.36. The lowest BCUT2D eigenvalue weighted by Gasteiger charge is -2.20. The van der Waals surface area contributed by atoms with Crippen molar-refractivity contribution in [3.63, 3.8) is 0 Å². The Morgan fingerprint density at radius 3 is 2.61 bits per heavy atom. The molecule has 0 aliphatic rings. The molecule has 1 unspecified atom stereocenters. The summed E-state index contributed by atoms with van der Waals surface area (Å²) in [6.45, 7) is 5.09. The molecule has 0 bridgehead atoms. The molecule has 0 saturated carbocycles. The number of rotatable bonds is 4. The van der Waals surface area contributed by atoms with Crippen LogP contribution < -0.4 is 11.1 Å². The van der Waals surface area contributed by atoms with Gasteiger partial charge in [-0.05, 0) is 30.5 Å². The summed E-state index contributed by atoms with van der Waals surface area (Å²) < 4.78 is 13.8. The lowest BCUT2D eigenvalue weighted by molar-refractivity contribution is 0.0892. The molecule has 1 aromatic rings. The molecule has 0 heterocycles. The molecule has 1 aromatic carbocycles. The van der Waals surface area contributed by atoms with E-state index in [4.69, 9.17) is 10.8 Å². The fourth-order valence-corrected chi connectivity index (χ4v) is 1.63. The molecule has 5 heteroatoms. The van der Waals surface area contributed by atoms with Crippen LogP contribution in [0.4, 0.5) is 10.1 Å². The van der Waals surface area contributed by atoms with E-state index in [0.717, 1.165) is 0 Å². The number of aryl methyl sites for hydroxylation is 1. The van der Waals surface area contributed by atoms with Crippen LogP contribution in [0.3, 0.4) is 0 Å². The van der Waals surface area contributed by atoms with E-state index in [-0.39, 0.29) is 18.1 Å². The highest BCUT2D eigenvalue weighted by atomic mass is 19.1. The van der Waals surface area contributed by atoms with Crippen LogP contribution in [0.25, 0.3) is 0 Å². The van der Waals surface area contributed by atoms with Gasteiger partial charge in [-0.2, -0.15) is 0 Å². The van der Waals surface area contributed by atoms with Crippen LogP contribution >= 0.6 is 0 Å². The van der Waals surface area contributed by atoms with Gasteiger partial charge in [0.15, 0.2) is 0 Å². The number of nitrogen functional groups attached to an aromatic ring is 1. The van der Waals surface area contributed by atoms with Crippen LogP contribution in [0.2, 0.25) is 0 Å². The summed E-state index contributed by atoms with van der Waals surface area (Å²) in [5, 5.41) is 11.7. The van der Waals surface area contributed by atoms with E-state index < -0.39 is 17.8 Å². The van der Waals surface area contributed by atoms with Gasteiger partial charge in [0.25, 0.3) is 5.91 Å². The molecule has 0 radical (unpaired) electrons. The standard InChI is InChI=1S/C13H19FN2O2/c1-7(2)11(6-17)16-13(18)10-5-9(15)4-8(3)12(10)14/h4-5,7,11,17H,6,15H2,1-3H3,(H,16,18). The molecule has 0 spiro atoms. The zero-order valence-corrected chi connectivity index (χ0v) is 10.8. The van der Waals surface area contributed by atoms with Gasteiger partial charge >= 0.3 is 0 Å². The number of amides is 1. The van der Waals surface area contributed by atoms with Crippen LogP contribution in [-0.2, 0) is 0 Å². The van der Waals surface area contributed by atoms with Crippen LogP contribution in [-0.4, -0.2) is 23.7 Å². The molecular weight excluding hydrogens is 235 g/mol. The van der Waals surface area contributed by atoms with Crippen LogP contribution in [0.1, 0.15) is 29.8 Å². The number of hydrogen-bond donors (Lipinski definition) is 3. The number of carbonyl (C=O) groups excluding carboxylic acids is 1. The van der Waals surface area contributed by atoms with E-state index >= 15 is 0 Å². The first-order valence-electron chi connectivity index (χ1n) is 5.84. The zero-order chi connectivity index (χ0) is 13.9. The molecule has 4 nitrogen and oxygen atoms in total. The number of anilines is 1. The average molecular weight is 254 g/mol. The molecule has 0 aliphatic carbocycles. The normalized spacial score (nSPS) is 12.6. The molecule has 18 heavy (non-hydrogen) atoms. The van der Waals surface area contributed by atoms with Gasteiger partial charge in [-0.3, -0.25) is 4.79 Å². The van der Waals surface area contributed by atoms with Crippen molar-refractivity contribution in [1.82, 2.24) is 5.32 Å². The third kappa shape index (κ3) is 3.20. The number of nitrogens with two attached hydrogens (primary N) is 1. The summed E-state index contributed by atoms with van der Waals surface area (Å²) in [4.78, 5) is 11.9. The van der Waals surface area contributed by atoms with Gasteiger partial charge in [-0.25, -0.2) is 4.39 Å². The van der Waals surface area contributed by atoms with Gasteiger partial charge in [0.1, 0.15) is 5.82 Å². The van der Waals surface area contributed by atoms with E-state index in [1.54, 1.807) is 6.92 Å². The second-order valence-corrected chi connectivity index (χ2v) is 4.71. The number of carbonyl (C=O) groups is 1. The number of nitrogens with one attached hydrogen (secondary N) is 1. The largest absolute Gasteiger partial charge is 0.399 e. The van der Waals surface area contributed by atoms with Crippen molar-refractivity contribution in [2.75, 3.05) is 12.3 Å². The average Bonchev–Trinajstić information content (AvgIpc) is 2.29. The van der Waals surface area contributed by atoms with Gasteiger partial charge in [0.05, 0.1) is 18.2 Å². The summed E-state index contributed by atoms with van der Waals surface area (Å²) in [6.07, 6.45) is 0. The highest BCUT2D eigenvalue weighted by molar-refractivity contribution is 5.95. The minimum atomic E-state index is -0.581. The van der Waals surface area contributed by atoms with Gasteiger partial charge in [-0.1, -0.05) is 13.8 Å². The summed E-state index contributed by atoms with van der Waals surface area (Å²) in [5.74, 6) is -1.08. The summed E-state index contributed by atoms with van der Waals surface area (Å²) in [5.41, 5.74) is 6.16. The zero-order valence-electron chi connectivity index (χ0n) is 10.8. The van der Waals surface area contributed by atoms with Crippen molar-refractivity contribution < 1.29 is 14.3 Å². The molecule has 0 aromatic heterocycles. The highest BCUT2D eigenvalue weighted by Gasteiger charge is 2.19. The number of aliphatic hydroxyl groups excluding tert-OH is 1. The van der Waals surface area contributed by atoms with Gasteiger partial charge in [-0.15, -0.1) is 0 Å². The third-order valence-corrected chi connectivity index (χ3v) is 2.84. The van der Waals surface area contributed by atoms with Gasteiger partial charge < -0.3 is 16.2 Å². The van der Waals surface area contributed by atoms with E-state index in [0.29, 0.717) is 11.3 Å². The second-order valence-electron chi connectivity index (χ2n) is 4.71. The van der Waals surface area contributed by atoms with Crippen LogP contribution in [0.5, 0.6) is 0 Å². The topological polar surface area (TPSA) is 75.4 Å². The molecular formula is C13H19FN2O2. The maximum Gasteiger partial charge on any atom is 0.254 e. The quantitative estimate of drug-likeness (QED) is 0.712. The first kappa shape index (κ1) is 14.4. The summed E-state index contributed by atoms with van der Waals surface area (Å²) in [6, 6.07) is 2.36. The Kier molecular flexibility index (Phi) is 4.67. The minimum absolute atomic E-state index is 0.0594. The maximum absolute atomic E-state index is 13.8. The van der Waals surface area contributed by atoms with E-state index in [1.807, 2.05) is 13.8 Å². The van der Waals surface area contributed by atoms with Crippen molar-refractivity contribution >= 4 is 11.6 Å². The molecule has 1 atom stereocenters.